The van der Waals surface area contributed by atoms with Crippen LogP contribution in [-0.2, 0) is 0 Å². The van der Waals surface area contributed by atoms with Crippen LogP contribution in [0.2, 0.25) is 0 Å². The zero-order valence-corrected chi connectivity index (χ0v) is 5.92. The van der Waals surface area contributed by atoms with Gasteiger partial charge in [-0.25, -0.2) is 13.2 Å². The van der Waals surface area contributed by atoms with E-state index >= 15 is 0 Å². The van der Waals surface area contributed by atoms with Gasteiger partial charge in [-0.15, -0.1) is 0 Å². The van der Waals surface area contributed by atoms with Crippen LogP contribution >= 0.6 is 0 Å². The molecule has 0 bridgehead atoms. The Labute approximate surface area is 57.6 Å². The van der Waals surface area contributed by atoms with E-state index in [1.54, 1.807) is 0 Å². The van der Waals surface area contributed by atoms with Gasteiger partial charge < -0.3 is 5.32 Å². The molecule has 1 aliphatic heterocycles. The monoisotopic (exact) mass is 153 g/mol. The molecule has 0 saturated carbocycles. The van der Waals surface area contributed by atoms with Gasteiger partial charge in [0, 0.05) is 6.54 Å². The van der Waals surface area contributed by atoms with Gasteiger partial charge in [0.1, 0.15) is 0 Å². The topological polar surface area (TPSA) is 12.0 Å². The highest BCUT2D eigenvalue weighted by Gasteiger charge is 2.58. The number of rotatable bonds is 0. The van der Waals surface area contributed by atoms with Gasteiger partial charge in [0.2, 0.25) is 0 Å². The molecular weight excluding hydrogens is 143 g/mol. The summed E-state index contributed by atoms with van der Waals surface area (Å²) in [6.07, 6.45) is -2.04. The first-order chi connectivity index (χ1) is 4.38. The van der Waals surface area contributed by atoms with Crippen LogP contribution in [0.15, 0.2) is 0 Å². The third-order valence-corrected chi connectivity index (χ3v) is 1.95. The molecule has 1 rings (SSSR count). The quantitative estimate of drug-likeness (QED) is 0.553. The van der Waals surface area contributed by atoms with Crippen LogP contribution in [0.4, 0.5) is 13.2 Å². The maximum atomic E-state index is 12.7. The largest absolute Gasteiger partial charge is 0.303 e. The smallest absolute Gasteiger partial charge is 0.297 e. The molecule has 4 heteroatoms. The Bertz CT molecular complexity index is 144. The van der Waals surface area contributed by atoms with Gasteiger partial charge in [0.25, 0.3) is 5.92 Å². The minimum Gasteiger partial charge on any atom is -0.303 e. The Hall–Kier alpha value is -0.250. The molecule has 60 valence electrons. The molecule has 0 aromatic rings. The van der Waals surface area contributed by atoms with Crippen molar-refractivity contribution in [1.29, 1.82) is 0 Å². The highest BCUT2D eigenvalue weighted by Crippen LogP contribution is 2.37. The van der Waals surface area contributed by atoms with Crippen LogP contribution in [0.25, 0.3) is 0 Å². The van der Waals surface area contributed by atoms with E-state index in [0.717, 1.165) is 0 Å². The average molecular weight is 153 g/mol. The molecule has 1 atom stereocenters. The van der Waals surface area contributed by atoms with E-state index in [0.29, 0.717) is 0 Å². The maximum absolute atomic E-state index is 12.7. The summed E-state index contributed by atoms with van der Waals surface area (Å²) in [5.74, 6) is -3.23. The second-order valence-corrected chi connectivity index (χ2v) is 3.10. The summed E-state index contributed by atoms with van der Waals surface area (Å²) in [4.78, 5) is 0. The fraction of sp³-hybridized carbons (Fsp3) is 1.00. The maximum Gasteiger partial charge on any atom is 0.297 e. The number of halogens is 3. The molecule has 0 spiro atoms. The van der Waals surface area contributed by atoms with Crippen molar-refractivity contribution in [2.75, 3.05) is 6.54 Å². The first-order valence-electron chi connectivity index (χ1n) is 3.15. The lowest BCUT2D eigenvalue weighted by Gasteiger charge is -2.26. The van der Waals surface area contributed by atoms with Crippen molar-refractivity contribution < 1.29 is 13.2 Å². The molecule has 1 nitrogen and oxygen atoms in total. The van der Waals surface area contributed by atoms with Crippen molar-refractivity contribution in [3.05, 3.63) is 0 Å². The van der Waals surface area contributed by atoms with Gasteiger partial charge in [0.05, 0.1) is 5.54 Å². The van der Waals surface area contributed by atoms with Gasteiger partial charge in [-0.05, 0) is 13.8 Å². The van der Waals surface area contributed by atoms with E-state index < -0.39 is 17.6 Å². The molecule has 10 heavy (non-hydrogen) atoms. The standard InChI is InChI=1S/C6H10F3N/c1-5(2)6(8,9)4(7)3-10-5/h4,10H,3H2,1-2H3. The molecule has 0 aromatic heterocycles. The van der Waals surface area contributed by atoms with Gasteiger partial charge in [0.15, 0.2) is 6.17 Å². The highest BCUT2D eigenvalue weighted by atomic mass is 19.3. The van der Waals surface area contributed by atoms with Gasteiger partial charge in [-0.2, -0.15) is 0 Å². The van der Waals surface area contributed by atoms with Crippen LogP contribution in [0.1, 0.15) is 13.8 Å². The zero-order valence-electron chi connectivity index (χ0n) is 5.92. The number of hydrogen-bond donors (Lipinski definition) is 1. The summed E-state index contributed by atoms with van der Waals surface area (Å²) >= 11 is 0. The second-order valence-electron chi connectivity index (χ2n) is 3.10. The molecule has 1 fully saturated rings. The van der Waals surface area contributed by atoms with Crippen LogP contribution in [-0.4, -0.2) is 24.2 Å². The Balaban J connectivity index is 2.84. The molecule has 1 saturated heterocycles. The normalized spacial score (nSPS) is 36.3. The van der Waals surface area contributed by atoms with Crippen molar-refractivity contribution >= 4 is 0 Å². The summed E-state index contributed by atoms with van der Waals surface area (Å²) in [6.45, 7) is 2.35. The van der Waals surface area contributed by atoms with E-state index in [9.17, 15) is 13.2 Å². The van der Waals surface area contributed by atoms with E-state index in [4.69, 9.17) is 0 Å². The fourth-order valence-corrected chi connectivity index (χ4v) is 0.982. The number of nitrogens with one attached hydrogen (secondary N) is 1. The van der Waals surface area contributed by atoms with Gasteiger partial charge >= 0.3 is 0 Å². The van der Waals surface area contributed by atoms with Gasteiger partial charge in [-0.3, -0.25) is 0 Å². The molecule has 0 amide bonds. The lowest BCUT2D eigenvalue weighted by molar-refractivity contribution is -0.0898. The Kier molecular flexibility index (Phi) is 1.47. The summed E-state index contributed by atoms with van der Waals surface area (Å²) < 4.78 is 37.7. The first-order valence-corrected chi connectivity index (χ1v) is 3.15. The molecule has 1 unspecified atom stereocenters. The molecule has 0 aromatic carbocycles. The molecule has 0 radical (unpaired) electrons. The van der Waals surface area contributed by atoms with Crippen molar-refractivity contribution in [3.8, 4) is 0 Å². The summed E-state index contributed by atoms with van der Waals surface area (Å²) in [7, 11) is 0. The number of hydrogen-bond acceptors (Lipinski definition) is 1. The Morgan fingerprint density at radius 2 is 1.90 bits per heavy atom. The lowest BCUT2D eigenvalue weighted by Crippen LogP contribution is -2.48. The number of alkyl halides is 3. The lowest BCUT2D eigenvalue weighted by atomic mass is 9.98. The fourth-order valence-electron chi connectivity index (χ4n) is 0.982. The van der Waals surface area contributed by atoms with Crippen molar-refractivity contribution in [3.63, 3.8) is 0 Å². The second kappa shape index (κ2) is 1.87. The molecule has 1 N–H and O–H groups in total. The zero-order chi connectivity index (χ0) is 7.99. The van der Waals surface area contributed by atoms with Crippen LogP contribution < -0.4 is 5.32 Å². The van der Waals surface area contributed by atoms with Crippen LogP contribution in [0.5, 0.6) is 0 Å². The Morgan fingerprint density at radius 1 is 1.40 bits per heavy atom. The predicted molar refractivity (Wildman–Crippen MR) is 31.9 cm³/mol. The minimum atomic E-state index is -3.23. The minimum absolute atomic E-state index is 0.250. The molecule has 1 aliphatic rings. The van der Waals surface area contributed by atoms with Crippen LogP contribution in [0, 0.1) is 0 Å². The molecular formula is C6H10F3N. The van der Waals surface area contributed by atoms with E-state index in [1.807, 2.05) is 0 Å². The molecule has 0 aliphatic carbocycles. The predicted octanol–water partition coefficient (Wildman–Crippen LogP) is 1.34. The average Bonchev–Trinajstić information content (AvgIpc) is 1.94. The van der Waals surface area contributed by atoms with Crippen molar-refractivity contribution in [2.45, 2.75) is 31.5 Å². The van der Waals surface area contributed by atoms with Crippen molar-refractivity contribution in [1.82, 2.24) is 5.32 Å². The van der Waals surface area contributed by atoms with Gasteiger partial charge in [-0.1, -0.05) is 0 Å². The van der Waals surface area contributed by atoms with E-state index in [2.05, 4.69) is 5.32 Å². The highest BCUT2D eigenvalue weighted by molar-refractivity contribution is 5.04. The third kappa shape index (κ3) is 0.820. The molecule has 1 heterocycles. The Morgan fingerprint density at radius 3 is 2.00 bits per heavy atom. The van der Waals surface area contributed by atoms with E-state index in [-0.39, 0.29) is 6.54 Å². The third-order valence-electron chi connectivity index (χ3n) is 1.95. The first kappa shape index (κ1) is 7.85. The summed E-state index contributed by atoms with van der Waals surface area (Å²) in [5, 5.41) is 2.41. The van der Waals surface area contributed by atoms with Crippen molar-refractivity contribution in [2.24, 2.45) is 0 Å². The summed E-state index contributed by atoms with van der Waals surface area (Å²) in [6, 6.07) is 0. The SMILES string of the molecule is CC1(C)NCC(F)C1(F)F. The summed E-state index contributed by atoms with van der Waals surface area (Å²) in [5.41, 5.74) is -1.40. The van der Waals surface area contributed by atoms with Crippen LogP contribution in [0.3, 0.4) is 0 Å². The van der Waals surface area contributed by atoms with E-state index in [1.165, 1.54) is 13.8 Å².